The summed E-state index contributed by atoms with van der Waals surface area (Å²) in [5.41, 5.74) is 0. The molecule has 218 valence electrons. The molecule has 0 saturated heterocycles. The van der Waals surface area contributed by atoms with Crippen molar-refractivity contribution in [3.63, 3.8) is 0 Å². The molecule has 0 aliphatic carbocycles. The highest BCUT2D eigenvalue weighted by molar-refractivity contribution is 6.85. The first kappa shape index (κ1) is 36.4. The van der Waals surface area contributed by atoms with E-state index in [0.29, 0.717) is 0 Å². The van der Waals surface area contributed by atoms with Gasteiger partial charge in [-0.25, -0.2) is 0 Å². The molecule has 0 amide bonds. The molecule has 0 radical (unpaired) electrons. The second-order valence-corrected chi connectivity index (χ2v) is 21.4. The van der Waals surface area contributed by atoms with Crippen LogP contribution in [0.15, 0.2) is 0 Å². The fraction of sp³-hybridized carbons (Fsp3) is 1.00. The molecule has 2 unspecified atom stereocenters. The summed E-state index contributed by atoms with van der Waals surface area (Å²) in [6, 6.07) is 2.93. The minimum Gasteiger partial charge on any atom is -0.415 e. The first-order valence-electron chi connectivity index (χ1n) is 14.8. The van der Waals surface area contributed by atoms with Crippen LogP contribution < -0.4 is 16.0 Å². The number of hydrogen-bond donors (Lipinski definition) is 3. The second-order valence-electron chi connectivity index (χ2n) is 10.6. The summed E-state index contributed by atoms with van der Waals surface area (Å²) in [6.07, 6.45) is 10.6. The van der Waals surface area contributed by atoms with Gasteiger partial charge in [0.25, 0.3) is 0 Å². The highest BCUT2D eigenvalue weighted by Gasteiger charge is 2.47. The Morgan fingerprint density at radius 2 is 0.722 bits per heavy atom. The molecule has 0 spiro atoms. The van der Waals surface area contributed by atoms with E-state index in [9.17, 15) is 0 Å². The van der Waals surface area contributed by atoms with Gasteiger partial charge in [-0.1, -0.05) is 40.0 Å². The van der Waals surface area contributed by atoms with Gasteiger partial charge in [0.1, 0.15) is 0 Å². The van der Waals surface area contributed by atoms with Gasteiger partial charge in [-0.05, 0) is 116 Å². The quantitative estimate of drug-likeness (QED) is 0.0850. The van der Waals surface area contributed by atoms with Crippen LogP contribution in [0, 0.1) is 0 Å². The highest BCUT2D eigenvalue weighted by Crippen LogP contribution is 2.30. The van der Waals surface area contributed by atoms with Crippen molar-refractivity contribution in [3.05, 3.63) is 0 Å². The second kappa shape index (κ2) is 22.2. The van der Waals surface area contributed by atoms with Gasteiger partial charge in [0.2, 0.25) is 0 Å². The highest BCUT2D eigenvalue weighted by atomic mass is 28.5. The summed E-state index contributed by atoms with van der Waals surface area (Å²) in [5.74, 6) is 0. The Morgan fingerprint density at radius 3 is 1.00 bits per heavy atom. The Kier molecular flexibility index (Phi) is 22.4. The van der Waals surface area contributed by atoms with Gasteiger partial charge in [0.15, 0.2) is 0 Å². The molecule has 0 aromatic carbocycles. The van der Waals surface area contributed by atoms with Crippen molar-refractivity contribution in [1.29, 1.82) is 0 Å². The SMILES string of the molecule is CCCCNCCC[Si](C)(OC)O[Si](C)(CCCNCCCC)O[Si](C)(CCCNCCCC)OC. The first-order chi connectivity index (χ1) is 17.2. The van der Waals surface area contributed by atoms with E-state index in [4.69, 9.17) is 17.1 Å². The summed E-state index contributed by atoms with van der Waals surface area (Å²) < 4.78 is 26.2. The van der Waals surface area contributed by atoms with Crippen LogP contribution in [0.25, 0.3) is 0 Å². The van der Waals surface area contributed by atoms with Gasteiger partial charge in [0.05, 0.1) is 0 Å². The zero-order chi connectivity index (χ0) is 27.2. The molecule has 0 aromatic rings. The van der Waals surface area contributed by atoms with E-state index in [-0.39, 0.29) is 0 Å². The van der Waals surface area contributed by atoms with Crippen molar-refractivity contribution in [3.8, 4) is 0 Å². The number of rotatable bonds is 27. The van der Waals surface area contributed by atoms with Gasteiger partial charge in [-0.3, -0.25) is 0 Å². The molecule has 0 saturated carbocycles. The van der Waals surface area contributed by atoms with Crippen molar-refractivity contribution in [2.75, 3.05) is 53.5 Å². The minimum atomic E-state index is -2.50. The van der Waals surface area contributed by atoms with Crippen LogP contribution in [-0.2, 0) is 17.1 Å². The maximum absolute atomic E-state index is 7.00. The molecule has 0 aliphatic rings. The molecule has 0 bridgehead atoms. The summed E-state index contributed by atoms with van der Waals surface area (Å²) in [5, 5.41) is 10.7. The van der Waals surface area contributed by atoms with Crippen LogP contribution >= 0.6 is 0 Å². The van der Waals surface area contributed by atoms with E-state index in [1.165, 1.54) is 38.5 Å². The monoisotopic (exact) mass is 565 g/mol. The lowest BCUT2D eigenvalue weighted by molar-refractivity contribution is 0.234. The molecule has 0 fully saturated rings. The maximum Gasteiger partial charge on any atom is 0.325 e. The summed E-state index contributed by atoms with van der Waals surface area (Å²) in [4.78, 5) is 0. The smallest absolute Gasteiger partial charge is 0.325 e. The van der Waals surface area contributed by atoms with E-state index in [1.54, 1.807) is 0 Å². The van der Waals surface area contributed by atoms with Gasteiger partial charge in [0, 0.05) is 14.2 Å². The third-order valence-electron chi connectivity index (χ3n) is 6.80. The van der Waals surface area contributed by atoms with Crippen molar-refractivity contribution < 1.29 is 17.1 Å². The molecule has 7 nitrogen and oxygen atoms in total. The van der Waals surface area contributed by atoms with Crippen LogP contribution in [0.5, 0.6) is 0 Å². The number of unbranched alkanes of at least 4 members (excludes halogenated alkanes) is 3. The maximum atomic E-state index is 7.00. The predicted molar refractivity (Wildman–Crippen MR) is 163 cm³/mol. The molecule has 0 rings (SSSR count). The fourth-order valence-corrected chi connectivity index (χ4v) is 17.3. The minimum absolute atomic E-state index is 0.966. The molecule has 10 heteroatoms. The fourth-order valence-electron chi connectivity index (χ4n) is 4.31. The molecule has 0 aromatic heterocycles. The van der Waals surface area contributed by atoms with Crippen molar-refractivity contribution >= 4 is 25.7 Å². The van der Waals surface area contributed by atoms with Crippen molar-refractivity contribution in [2.24, 2.45) is 0 Å². The van der Waals surface area contributed by atoms with E-state index < -0.39 is 25.7 Å². The van der Waals surface area contributed by atoms with E-state index in [2.05, 4.69) is 56.4 Å². The molecule has 0 aliphatic heterocycles. The van der Waals surface area contributed by atoms with Crippen LogP contribution in [0.4, 0.5) is 0 Å². The lowest BCUT2D eigenvalue weighted by Gasteiger charge is -2.41. The largest absolute Gasteiger partial charge is 0.415 e. The van der Waals surface area contributed by atoms with Gasteiger partial charge >= 0.3 is 25.7 Å². The van der Waals surface area contributed by atoms with E-state index in [1.807, 2.05) is 14.2 Å². The zero-order valence-corrected chi connectivity index (χ0v) is 28.4. The summed E-state index contributed by atoms with van der Waals surface area (Å²) >= 11 is 0. The normalized spacial score (nSPS) is 17.0. The molecule has 0 heterocycles. The summed E-state index contributed by atoms with van der Waals surface area (Å²) in [7, 11) is -3.53. The van der Waals surface area contributed by atoms with Gasteiger partial charge in [-0.2, -0.15) is 0 Å². The third-order valence-corrected chi connectivity index (χ3v) is 19.2. The topological polar surface area (TPSA) is 73.0 Å². The average molecular weight is 566 g/mol. The Hall–Kier alpha value is 0.371. The zero-order valence-electron chi connectivity index (χ0n) is 25.4. The van der Waals surface area contributed by atoms with E-state index in [0.717, 1.165) is 76.7 Å². The Bertz CT molecular complexity index is 479. The van der Waals surface area contributed by atoms with Gasteiger partial charge in [-0.15, -0.1) is 0 Å². The van der Waals surface area contributed by atoms with Crippen LogP contribution in [0.1, 0.15) is 78.6 Å². The number of nitrogens with one attached hydrogen (secondary N) is 3. The number of hydrogen-bond acceptors (Lipinski definition) is 7. The molecule has 2 atom stereocenters. The lowest BCUT2D eigenvalue weighted by atomic mass is 10.3. The lowest BCUT2D eigenvalue weighted by Crippen LogP contribution is -2.57. The molecular formula is C26H63N3O4Si3. The standard InChI is InChI=1S/C26H63N3O4Si3/c1-9-12-18-27-21-15-24-34(6,30-4)32-36(8,26-17-23-29-20-14-11-3)33-35(7,31-5)25-16-22-28-19-13-10-2/h27-29H,9-26H2,1-8H3. The molecule has 36 heavy (non-hydrogen) atoms. The van der Waals surface area contributed by atoms with Crippen LogP contribution in [-0.4, -0.2) is 79.2 Å². The third kappa shape index (κ3) is 18.6. The molecular weight excluding hydrogens is 503 g/mol. The van der Waals surface area contributed by atoms with Crippen LogP contribution in [0.3, 0.4) is 0 Å². The first-order valence-corrected chi connectivity index (χ1v) is 22.4. The Balaban J connectivity index is 5.13. The molecule has 3 N–H and O–H groups in total. The van der Waals surface area contributed by atoms with Gasteiger partial charge < -0.3 is 33.0 Å². The van der Waals surface area contributed by atoms with Crippen molar-refractivity contribution in [2.45, 2.75) is 116 Å². The Labute approximate surface area is 228 Å². The average Bonchev–Trinajstić information content (AvgIpc) is 2.85. The Morgan fingerprint density at radius 1 is 0.444 bits per heavy atom. The van der Waals surface area contributed by atoms with E-state index >= 15 is 0 Å². The summed E-state index contributed by atoms with van der Waals surface area (Å²) in [6.45, 7) is 19.7. The van der Waals surface area contributed by atoms with Crippen molar-refractivity contribution in [1.82, 2.24) is 16.0 Å². The van der Waals surface area contributed by atoms with Crippen LogP contribution in [0.2, 0.25) is 37.8 Å². The predicted octanol–water partition coefficient (Wildman–Crippen LogP) is 5.87.